The molecule has 2 N–H and O–H groups in total. The van der Waals surface area contributed by atoms with Gasteiger partial charge in [-0.1, -0.05) is 6.07 Å². The number of hydrogen-bond acceptors (Lipinski definition) is 6. The number of carbonyl (C=O) groups excluding carboxylic acids is 2. The van der Waals surface area contributed by atoms with Gasteiger partial charge in [0.2, 0.25) is 11.8 Å². The van der Waals surface area contributed by atoms with E-state index < -0.39 is 6.04 Å². The molecule has 0 spiro atoms. The minimum atomic E-state index is -0.734. The number of amides is 2. The first-order valence-electron chi connectivity index (χ1n) is 7.79. The molecule has 1 unspecified atom stereocenters. The van der Waals surface area contributed by atoms with Gasteiger partial charge >= 0.3 is 0 Å². The summed E-state index contributed by atoms with van der Waals surface area (Å²) >= 11 is 0. The SMILES string of the molecule is CC(NC(=O)c1ccoc1)C(=O)Nc1cccc(Oc2cnccn2)c1. The maximum Gasteiger partial charge on any atom is 0.255 e. The summed E-state index contributed by atoms with van der Waals surface area (Å²) in [7, 11) is 0. The molecule has 1 aromatic carbocycles. The molecule has 1 atom stereocenters. The third kappa shape index (κ3) is 4.44. The van der Waals surface area contributed by atoms with Gasteiger partial charge in [-0.2, -0.15) is 0 Å². The van der Waals surface area contributed by atoms with Crippen LogP contribution in [0.3, 0.4) is 0 Å². The summed E-state index contributed by atoms with van der Waals surface area (Å²) in [6.45, 7) is 1.59. The number of anilines is 1. The minimum absolute atomic E-state index is 0.344. The van der Waals surface area contributed by atoms with Crippen LogP contribution in [0.15, 0.2) is 65.9 Å². The molecule has 3 aromatic rings. The van der Waals surface area contributed by atoms with E-state index in [0.717, 1.165) is 0 Å². The van der Waals surface area contributed by atoms with Gasteiger partial charge in [-0.15, -0.1) is 0 Å². The summed E-state index contributed by atoms with van der Waals surface area (Å²) in [5, 5.41) is 5.32. The number of hydrogen-bond donors (Lipinski definition) is 2. The summed E-state index contributed by atoms with van der Waals surface area (Å²) in [5.41, 5.74) is 0.879. The highest BCUT2D eigenvalue weighted by Gasteiger charge is 2.17. The van der Waals surface area contributed by atoms with Crippen LogP contribution in [0.2, 0.25) is 0 Å². The quantitative estimate of drug-likeness (QED) is 0.706. The fourth-order valence-electron chi connectivity index (χ4n) is 2.09. The predicted molar refractivity (Wildman–Crippen MR) is 92.8 cm³/mol. The Kier molecular flexibility index (Phi) is 5.23. The number of nitrogens with one attached hydrogen (secondary N) is 2. The van der Waals surface area contributed by atoms with E-state index in [1.54, 1.807) is 37.4 Å². The van der Waals surface area contributed by atoms with Crippen LogP contribution in [0.25, 0.3) is 0 Å². The second-order valence-corrected chi connectivity index (χ2v) is 5.37. The number of ether oxygens (including phenoxy) is 1. The number of carbonyl (C=O) groups is 2. The molecule has 26 heavy (non-hydrogen) atoms. The topological polar surface area (TPSA) is 106 Å². The van der Waals surface area contributed by atoms with E-state index in [1.165, 1.54) is 31.0 Å². The van der Waals surface area contributed by atoms with Crippen molar-refractivity contribution in [2.75, 3.05) is 5.32 Å². The van der Waals surface area contributed by atoms with Crippen LogP contribution >= 0.6 is 0 Å². The van der Waals surface area contributed by atoms with Crippen LogP contribution < -0.4 is 15.4 Å². The lowest BCUT2D eigenvalue weighted by Gasteiger charge is -2.14. The third-order valence-corrected chi connectivity index (χ3v) is 3.39. The van der Waals surface area contributed by atoms with Crippen molar-refractivity contribution in [2.24, 2.45) is 0 Å². The average Bonchev–Trinajstić information content (AvgIpc) is 3.17. The van der Waals surface area contributed by atoms with Crippen molar-refractivity contribution in [1.82, 2.24) is 15.3 Å². The van der Waals surface area contributed by atoms with Gasteiger partial charge < -0.3 is 19.8 Å². The summed E-state index contributed by atoms with van der Waals surface area (Å²) in [4.78, 5) is 32.2. The van der Waals surface area contributed by atoms with Gasteiger partial charge in [0.25, 0.3) is 5.91 Å². The third-order valence-electron chi connectivity index (χ3n) is 3.39. The molecule has 0 bridgehead atoms. The molecular formula is C18H16N4O4. The van der Waals surface area contributed by atoms with Crippen molar-refractivity contribution in [3.8, 4) is 11.6 Å². The zero-order chi connectivity index (χ0) is 18.4. The standard InChI is InChI=1S/C18H16N4O4/c1-12(21-18(24)13-5-8-25-11-13)17(23)22-14-3-2-4-15(9-14)26-16-10-19-6-7-20-16/h2-12H,1H3,(H,21,24)(H,22,23). The highest BCUT2D eigenvalue weighted by atomic mass is 16.5. The zero-order valence-corrected chi connectivity index (χ0v) is 13.9. The number of nitrogens with zero attached hydrogens (tertiary/aromatic N) is 2. The lowest BCUT2D eigenvalue weighted by atomic mass is 10.2. The molecule has 8 nitrogen and oxygen atoms in total. The molecule has 132 valence electrons. The van der Waals surface area contributed by atoms with Gasteiger partial charge in [-0.05, 0) is 25.1 Å². The van der Waals surface area contributed by atoms with E-state index in [1.807, 2.05) is 0 Å². The van der Waals surface area contributed by atoms with E-state index >= 15 is 0 Å². The largest absolute Gasteiger partial charge is 0.472 e. The summed E-state index contributed by atoms with van der Waals surface area (Å²) in [6, 6.07) is 7.61. The first kappa shape index (κ1) is 17.2. The van der Waals surface area contributed by atoms with Crippen molar-refractivity contribution in [3.63, 3.8) is 0 Å². The molecule has 8 heteroatoms. The molecule has 0 saturated heterocycles. The molecule has 0 radical (unpaired) electrons. The summed E-state index contributed by atoms with van der Waals surface area (Å²) < 4.78 is 10.4. The first-order chi connectivity index (χ1) is 12.6. The Morgan fingerprint density at radius 1 is 1.23 bits per heavy atom. The predicted octanol–water partition coefficient (Wildman–Crippen LogP) is 2.62. The molecular weight excluding hydrogens is 336 g/mol. The number of rotatable bonds is 6. The van der Waals surface area contributed by atoms with Crippen LogP contribution in [-0.4, -0.2) is 27.8 Å². The van der Waals surface area contributed by atoms with Gasteiger partial charge in [-0.25, -0.2) is 4.98 Å². The monoisotopic (exact) mass is 352 g/mol. The van der Waals surface area contributed by atoms with Crippen molar-refractivity contribution in [2.45, 2.75) is 13.0 Å². The Balaban J connectivity index is 1.60. The van der Waals surface area contributed by atoms with Crippen molar-refractivity contribution < 1.29 is 18.7 Å². The smallest absolute Gasteiger partial charge is 0.255 e. The summed E-state index contributed by atoms with van der Waals surface area (Å²) in [6.07, 6.45) is 7.25. The molecule has 2 aromatic heterocycles. The van der Waals surface area contributed by atoms with Gasteiger partial charge in [0, 0.05) is 24.1 Å². The average molecular weight is 352 g/mol. The Morgan fingerprint density at radius 3 is 2.85 bits per heavy atom. The van der Waals surface area contributed by atoms with Crippen molar-refractivity contribution in [3.05, 3.63) is 67.0 Å². The second-order valence-electron chi connectivity index (χ2n) is 5.37. The maximum atomic E-state index is 12.3. The van der Waals surface area contributed by atoms with Gasteiger partial charge in [0.05, 0.1) is 18.0 Å². The van der Waals surface area contributed by atoms with E-state index in [2.05, 4.69) is 20.6 Å². The maximum absolute atomic E-state index is 12.3. The Labute approximate surface area is 149 Å². The molecule has 0 aliphatic heterocycles. The molecule has 0 aliphatic rings. The number of benzene rings is 1. The van der Waals surface area contributed by atoms with E-state index in [9.17, 15) is 9.59 Å². The van der Waals surface area contributed by atoms with Crippen LogP contribution in [0.4, 0.5) is 5.69 Å². The Morgan fingerprint density at radius 2 is 2.12 bits per heavy atom. The first-order valence-corrected chi connectivity index (χ1v) is 7.79. The normalized spacial score (nSPS) is 11.4. The van der Waals surface area contributed by atoms with Gasteiger partial charge in [-0.3, -0.25) is 14.6 Å². The zero-order valence-electron chi connectivity index (χ0n) is 13.9. The van der Waals surface area contributed by atoms with Crippen LogP contribution in [0.5, 0.6) is 11.6 Å². The molecule has 3 rings (SSSR count). The minimum Gasteiger partial charge on any atom is -0.472 e. The molecule has 0 aliphatic carbocycles. The van der Waals surface area contributed by atoms with Crippen LogP contribution in [-0.2, 0) is 4.79 Å². The van der Waals surface area contributed by atoms with Gasteiger partial charge in [0.15, 0.2) is 0 Å². The van der Waals surface area contributed by atoms with Crippen LogP contribution in [0.1, 0.15) is 17.3 Å². The molecule has 2 amide bonds. The lowest BCUT2D eigenvalue weighted by Crippen LogP contribution is -2.41. The fourth-order valence-corrected chi connectivity index (χ4v) is 2.09. The number of aromatic nitrogens is 2. The van der Waals surface area contributed by atoms with E-state index in [-0.39, 0.29) is 11.8 Å². The highest BCUT2D eigenvalue weighted by molar-refractivity contribution is 6.00. The van der Waals surface area contributed by atoms with Crippen molar-refractivity contribution >= 4 is 17.5 Å². The fraction of sp³-hybridized carbons (Fsp3) is 0.111. The number of furan rings is 1. The molecule has 0 fully saturated rings. The van der Waals surface area contributed by atoms with Gasteiger partial charge in [0.1, 0.15) is 18.1 Å². The Hall–Kier alpha value is -3.68. The lowest BCUT2D eigenvalue weighted by molar-refractivity contribution is -0.117. The Bertz CT molecular complexity index is 881. The highest BCUT2D eigenvalue weighted by Crippen LogP contribution is 2.22. The van der Waals surface area contributed by atoms with Crippen molar-refractivity contribution in [1.29, 1.82) is 0 Å². The molecule has 0 saturated carbocycles. The van der Waals surface area contributed by atoms with Crippen LogP contribution in [0, 0.1) is 0 Å². The summed E-state index contributed by atoms with van der Waals surface area (Å²) in [5.74, 6) is 0.0924. The van der Waals surface area contributed by atoms with E-state index in [0.29, 0.717) is 22.9 Å². The molecule has 2 heterocycles. The van der Waals surface area contributed by atoms with E-state index in [4.69, 9.17) is 9.15 Å². The second kappa shape index (κ2) is 7.93.